The van der Waals surface area contributed by atoms with E-state index in [0.29, 0.717) is 0 Å². The second-order valence-electron chi connectivity index (χ2n) is 6.91. The maximum Gasteiger partial charge on any atom is 0.437 e. The van der Waals surface area contributed by atoms with E-state index in [1.54, 1.807) is 31.1 Å². The van der Waals surface area contributed by atoms with Gasteiger partial charge in [0.2, 0.25) is 5.72 Å². The minimum Gasteiger partial charge on any atom is -0.378 e. The number of hydrogen-bond acceptors (Lipinski definition) is 5. The summed E-state index contributed by atoms with van der Waals surface area (Å²) in [5, 5.41) is 14.3. The molecule has 2 aromatic rings. The van der Waals surface area contributed by atoms with Gasteiger partial charge in [0.05, 0.1) is 6.04 Å². The highest BCUT2D eigenvalue weighted by Gasteiger charge is 2.66. The van der Waals surface area contributed by atoms with Gasteiger partial charge in [-0.1, -0.05) is 12.1 Å². The Kier molecular flexibility index (Phi) is 5.22. The number of urea groups is 1. The number of halogens is 3. The summed E-state index contributed by atoms with van der Waals surface area (Å²) in [5.74, 6) is -3.08. The third-order valence-electron chi connectivity index (χ3n) is 4.80. The summed E-state index contributed by atoms with van der Waals surface area (Å²) in [6.45, 7) is 0. The molecule has 3 N–H and O–H groups in total. The summed E-state index contributed by atoms with van der Waals surface area (Å²) in [7, 11) is 3.58. The molecular formula is C19H19F3N4O3. The topological polar surface area (TPSA) is 94.6 Å². The van der Waals surface area contributed by atoms with Crippen LogP contribution in [0.3, 0.4) is 0 Å². The summed E-state index contributed by atoms with van der Waals surface area (Å²) in [6.07, 6.45) is -2.82. The summed E-state index contributed by atoms with van der Waals surface area (Å²) in [6, 6.07) is 6.34. The van der Waals surface area contributed by atoms with Gasteiger partial charge in [0.25, 0.3) is 0 Å². The fraction of sp³-hybridized carbons (Fsp3) is 0.316. The highest BCUT2D eigenvalue weighted by Crippen LogP contribution is 2.44. The number of nitrogens with one attached hydrogen (secondary N) is 2. The zero-order chi connectivity index (χ0) is 21.4. The molecular weight excluding hydrogens is 389 g/mol. The number of Topliss-reactive ketones (excluding diaryl/α,β-unsaturated/α-hetero) is 1. The van der Waals surface area contributed by atoms with Gasteiger partial charge in [0, 0.05) is 37.7 Å². The summed E-state index contributed by atoms with van der Waals surface area (Å²) in [5.41, 5.74) is -2.86. The summed E-state index contributed by atoms with van der Waals surface area (Å²) in [4.78, 5) is 30.5. The van der Waals surface area contributed by atoms with Gasteiger partial charge in [-0.15, -0.1) is 0 Å². The van der Waals surface area contributed by atoms with Crippen LogP contribution in [0.5, 0.6) is 0 Å². The average Bonchev–Trinajstić information content (AvgIpc) is 2.67. The van der Waals surface area contributed by atoms with Crippen molar-refractivity contribution in [2.24, 2.45) is 5.92 Å². The van der Waals surface area contributed by atoms with Crippen molar-refractivity contribution >= 4 is 17.5 Å². The van der Waals surface area contributed by atoms with Crippen LogP contribution in [0.15, 0.2) is 48.8 Å². The molecule has 0 saturated carbocycles. The lowest BCUT2D eigenvalue weighted by Gasteiger charge is -2.45. The molecule has 1 aliphatic heterocycles. The van der Waals surface area contributed by atoms with Gasteiger partial charge < -0.3 is 20.6 Å². The van der Waals surface area contributed by atoms with E-state index in [1.165, 1.54) is 35.8 Å². The smallest absolute Gasteiger partial charge is 0.378 e. The average molecular weight is 408 g/mol. The van der Waals surface area contributed by atoms with E-state index in [0.717, 1.165) is 11.9 Å². The van der Waals surface area contributed by atoms with Crippen molar-refractivity contribution < 1.29 is 27.9 Å². The molecule has 1 fully saturated rings. The number of carbonyl (C=O) groups excluding carboxylic acids is 2. The molecule has 154 valence electrons. The number of benzene rings is 1. The molecule has 2 heterocycles. The van der Waals surface area contributed by atoms with Gasteiger partial charge in [0.1, 0.15) is 5.92 Å². The van der Waals surface area contributed by atoms with E-state index in [2.05, 4.69) is 10.3 Å². The quantitative estimate of drug-likeness (QED) is 0.675. The number of carbonyl (C=O) groups is 2. The number of ketones is 1. The van der Waals surface area contributed by atoms with Crippen LogP contribution in [0, 0.1) is 5.92 Å². The molecule has 2 amide bonds. The number of rotatable bonds is 4. The standard InChI is InChI=1S/C19H19F3N4O3/c1-26(2)13-7-5-11(6-8-13)15-14(16(27)12-4-3-9-23-10-12)18(29,19(20,21)22)25-17(28)24-15/h3-10,14-15,29H,1-2H3,(H2,24,25,28)/t14-,15-,18+/m1/s1. The largest absolute Gasteiger partial charge is 0.437 e. The second kappa shape index (κ2) is 7.36. The van der Waals surface area contributed by atoms with Crippen molar-refractivity contribution in [1.82, 2.24) is 15.6 Å². The van der Waals surface area contributed by atoms with Crippen molar-refractivity contribution in [3.63, 3.8) is 0 Å². The Bertz CT molecular complexity index is 903. The fourth-order valence-electron chi connectivity index (χ4n) is 3.28. The van der Waals surface area contributed by atoms with Gasteiger partial charge >= 0.3 is 12.2 Å². The number of pyridine rings is 1. The molecule has 7 nitrogen and oxygen atoms in total. The summed E-state index contributed by atoms with van der Waals surface area (Å²) < 4.78 is 41.5. The number of amides is 2. The first kappa shape index (κ1) is 20.6. The minimum atomic E-state index is -5.30. The number of hydrogen-bond donors (Lipinski definition) is 3. The van der Waals surface area contributed by atoms with Gasteiger partial charge in [-0.3, -0.25) is 9.78 Å². The van der Waals surface area contributed by atoms with Crippen LogP contribution in [0.25, 0.3) is 0 Å². The normalized spacial score (nSPS) is 24.4. The van der Waals surface area contributed by atoms with Crippen LogP contribution >= 0.6 is 0 Å². The first-order valence-electron chi connectivity index (χ1n) is 8.64. The fourth-order valence-corrected chi connectivity index (χ4v) is 3.28. The van der Waals surface area contributed by atoms with Crippen LogP contribution in [-0.4, -0.2) is 47.9 Å². The maximum absolute atomic E-state index is 13.8. The predicted octanol–water partition coefficient (Wildman–Crippen LogP) is 2.25. The van der Waals surface area contributed by atoms with Gasteiger partial charge in [0.15, 0.2) is 5.78 Å². The molecule has 1 saturated heterocycles. The van der Waals surface area contributed by atoms with Crippen molar-refractivity contribution in [3.8, 4) is 0 Å². The van der Waals surface area contributed by atoms with E-state index < -0.39 is 35.7 Å². The molecule has 0 aliphatic carbocycles. The molecule has 0 radical (unpaired) electrons. The lowest BCUT2D eigenvalue weighted by molar-refractivity contribution is -0.287. The van der Waals surface area contributed by atoms with Gasteiger partial charge in [-0.05, 0) is 29.8 Å². The molecule has 3 rings (SSSR count). The second-order valence-corrected chi connectivity index (χ2v) is 6.91. The Balaban J connectivity index is 2.13. The molecule has 0 spiro atoms. The zero-order valence-corrected chi connectivity index (χ0v) is 15.6. The Hall–Kier alpha value is -3.14. The van der Waals surface area contributed by atoms with Gasteiger partial charge in [-0.2, -0.15) is 13.2 Å². The molecule has 10 heteroatoms. The molecule has 1 aliphatic rings. The Morgan fingerprint density at radius 2 is 1.86 bits per heavy atom. The van der Waals surface area contributed by atoms with Crippen molar-refractivity contribution in [3.05, 3.63) is 59.9 Å². The third kappa shape index (κ3) is 3.75. The SMILES string of the molecule is CN(C)c1ccc([C@H]2NC(=O)N[C@@](O)(C(F)(F)F)[C@H]2C(=O)c2cccnc2)cc1. The minimum absolute atomic E-state index is 0.118. The number of aromatic nitrogens is 1. The molecule has 29 heavy (non-hydrogen) atoms. The Morgan fingerprint density at radius 1 is 1.21 bits per heavy atom. The Labute approximate surface area is 164 Å². The molecule has 1 aromatic carbocycles. The van der Waals surface area contributed by atoms with E-state index >= 15 is 0 Å². The van der Waals surface area contributed by atoms with Crippen molar-refractivity contribution in [2.45, 2.75) is 17.9 Å². The van der Waals surface area contributed by atoms with Crippen LogP contribution in [0.4, 0.5) is 23.7 Å². The van der Waals surface area contributed by atoms with E-state index in [-0.39, 0.29) is 11.1 Å². The van der Waals surface area contributed by atoms with Crippen molar-refractivity contribution in [1.29, 1.82) is 0 Å². The zero-order valence-electron chi connectivity index (χ0n) is 15.6. The van der Waals surface area contributed by atoms with E-state index in [1.807, 2.05) is 0 Å². The number of anilines is 1. The van der Waals surface area contributed by atoms with Crippen LogP contribution in [-0.2, 0) is 0 Å². The monoisotopic (exact) mass is 408 g/mol. The van der Waals surface area contributed by atoms with E-state index in [9.17, 15) is 27.9 Å². The lowest BCUT2D eigenvalue weighted by Crippen LogP contribution is -2.72. The van der Waals surface area contributed by atoms with Crippen LogP contribution < -0.4 is 15.5 Å². The number of aliphatic hydroxyl groups is 1. The predicted molar refractivity (Wildman–Crippen MR) is 98.2 cm³/mol. The van der Waals surface area contributed by atoms with Gasteiger partial charge in [-0.25, -0.2) is 4.79 Å². The number of nitrogens with zero attached hydrogens (tertiary/aromatic N) is 2. The first-order valence-corrected chi connectivity index (χ1v) is 8.64. The number of alkyl halides is 3. The highest BCUT2D eigenvalue weighted by molar-refractivity contribution is 6.00. The van der Waals surface area contributed by atoms with E-state index in [4.69, 9.17) is 0 Å². The maximum atomic E-state index is 13.8. The summed E-state index contributed by atoms with van der Waals surface area (Å²) >= 11 is 0. The molecule has 1 aromatic heterocycles. The molecule has 3 atom stereocenters. The van der Waals surface area contributed by atoms with Crippen molar-refractivity contribution in [2.75, 3.05) is 19.0 Å². The first-order chi connectivity index (χ1) is 13.5. The lowest BCUT2D eigenvalue weighted by atomic mass is 9.77. The molecule has 0 unspecified atom stereocenters. The third-order valence-corrected chi connectivity index (χ3v) is 4.80. The van der Waals surface area contributed by atoms with Crippen LogP contribution in [0.1, 0.15) is 22.0 Å². The Morgan fingerprint density at radius 3 is 2.38 bits per heavy atom. The van der Waals surface area contributed by atoms with Crippen LogP contribution in [0.2, 0.25) is 0 Å². The molecule has 0 bridgehead atoms. The highest BCUT2D eigenvalue weighted by atomic mass is 19.4.